The number of ether oxygens (including phenoxy) is 1. The van der Waals surface area contributed by atoms with Gasteiger partial charge in [0.15, 0.2) is 0 Å². The number of hydrogen-bond donors (Lipinski definition) is 1. The number of aliphatic hydroxyl groups is 1. The second-order valence-corrected chi connectivity index (χ2v) is 6.58. The summed E-state index contributed by atoms with van der Waals surface area (Å²) < 4.78 is 18.3. The summed E-state index contributed by atoms with van der Waals surface area (Å²) in [5.74, 6) is -0.833. The molecule has 5 heteroatoms. The number of methoxy groups -OCH3 is 1. The maximum absolute atomic E-state index is 13.4. The van der Waals surface area contributed by atoms with Crippen LogP contribution in [0.3, 0.4) is 0 Å². The van der Waals surface area contributed by atoms with Crippen molar-refractivity contribution in [3.05, 3.63) is 52.6 Å². The fraction of sp³-hybridized carbons (Fsp3) is 0.400. The van der Waals surface area contributed by atoms with Gasteiger partial charge in [0, 0.05) is 16.8 Å². The first-order chi connectivity index (χ1) is 11.8. The van der Waals surface area contributed by atoms with Crippen LogP contribution in [-0.2, 0) is 11.3 Å². The minimum atomic E-state index is -0.513. The van der Waals surface area contributed by atoms with Crippen LogP contribution in [-0.4, -0.2) is 23.2 Å². The molecule has 2 aromatic rings. The third kappa shape index (κ3) is 3.71. The third-order valence-electron chi connectivity index (χ3n) is 4.13. The average molecular weight is 345 g/mol. The van der Waals surface area contributed by atoms with Gasteiger partial charge in [-0.15, -0.1) is 0 Å². The Kier molecular flexibility index (Phi) is 5.90. The highest BCUT2D eigenvalue weighted by atomic mass is 19.1. The number of aromatic nitrogens is 1. The summed E-state index contributed by atoms with van der Waals surface area (Å²) in [4.78, 5) is 17.2. The lowest BCUT2D eigenvalue weighted by Crippen LogP contribution is -2.16. The second kappa shape index (κ2) is 7.74. The van der Waals surface area contributed by atoms with Crippen LogP contribution in [0.5, 0.6) is 0 Å². The molecule has 0 aliphatic rings. The van der Waals surface area contributed by atoms with Gasteiger partial charge in [-0.05, 0) is 29.5 Å². The van der Waals surface area contributed by atoms with Gasteiger partial charge in [-0.2, -0.15) is 0 Å². The van der Waals surface area contributed by atoms with Crippen molar-refractivity contribution in [1.29, 1.82) is 0 Å². The zero-order valence-electron chi connectivity index (χ0n) is 15.3. The summed E-state index contributed by atoms with van der Waals surface area (Å²) in [6.07, 6.45) is 0. The number of halogens is 1. The zero-order chi connectivity index (χ0) is 18.7. The van der Waals surface area contributed by atoms with Crippen LogP contribution < -0.4 is 0 Å². The van der Waals surface area contributed by atoms with Crippen molar-refractivity contribution in [2.45, 2.75) is 46.1 Å². The molecule has 0 saturated heterocycles. The zero-order valence-corrected chi connectivity index (χ0v) is 15.3. The van der Waals surface area contributed by atoms with E-state index in [2.05, 4.69) is 4.98 Å². The van der Waals surface area contributed by atoms with Gasteiger partial charge in [0.2, 0.25) is 0 Å². The Balaban J connectivity index is 2.96. The molecule has 2 rings (SSSR count). The monoisotopic (exact) mass is 345 g/mol. The Morgan fingerprint density at radius 1 is 1.12 bits per heavy atom. The molecule has 0 radical (unpaired) electrons. The Bertz CT molecular complexity index is 768. The van der Waals surface area contributed by atoms with Crippen LogP contribution in [0.25, 0.3) is 11.1 Å². The molecule has 25 heavy (non-hydrogen) atoms. The second-order valence-electron chi connectivity index (χ2n) is 6.58. The van der Waals surface area contributed by atoms with Gasteiger partial charge in [0.1, 0.15) is 5.82 Å². The first-order valence-corrected chi connectivity index (χ1v) is 8.33. The maximum atomic E-state index is 13.4. The van der Waals surface area contributed by atoms with Gasteiger partial charge < -0.3 is 9.84 Å². The molecule has 0 aliphatic carbocycles. The van der Waals surface area contributed by atoms with Gasteiger partial charge in [-0.3, -0.25) is 4.98 Å². The van der Waals surface area contributed by atoms with E-state index in [4.69, 9.17) is 4.74 Å². The fourth-order valence-electron chi connectivity index (χ4n) is 2.96. The van der Waals surface area contributed by atoms with Crippen molar-refractivity contribution in [3.8, 4) is 11.1 Å². The van der Waals surface area contributed by atoms with E-state index >= 15 is 0 Å². The molecular weight excluding hydrogens is 321 g/mol. The first kappa shape index (κ1) is 19.1. The molecule has 0 saturated carbocycles. The van der Waals surface area contributed by atoms with Crippen LogP contribution in [0, 0.1) is 5.82 Å². The summed E-state index contributed by atoms with van der Waals surface area (Å²) >= 11 is 0. The lowest BCUT2D eigenvalue weighted by atomic mass is 9.87. The molecule has 0 atom stereocenters. The first-order valence-electron chi connectivity index (χ1n) is 8.33. The van der Waals surface area contributed by atoms with E-state index in [-0.39, 0.29) is 24.3 Å². The molecule has 1 aromatic heterocycles. The minimum Gasteiger partial charge on any atom is -0.465 e. The molecule has 0 bridgehead atoms. The van der Waals surface area contributed by atoms with Crippen molar-refractivity contribution >= 4 is 5.97 Å². The Hall–Kier alpha value is -2.27. The topological polar surface area (TPSA) is 59.4 Å². The molecule has 1 heterocycles. The number of rotatable bonds is 5. The predicted molar refractivity (Wildman–Crippen MR) is 95.1 cm³/mol. The summed E-state index contributed by atoms with van der Waals surface area (Å²) in [5, 5.41) is 10.0. The summed E-state index contributed by atoms with van der Waals surface area (Å²) in [6.45, 7) is 7.60. The van der Waals surface area contributed by atoms with Crippen LogP contribution in [0.2, 0.25) is 0 Å². The number of hydrogen-bond acceptors (Lipinski definition) is 4. The minimum absolute atomic E-state index is 0.0152. The van der Waals surface area contributed by atoms with Crippen molar-refractivity contribution in [1.82, 2.24) is 4.98 Å². The quantitative estimate of drug-likeness (QED) is 0.815. The Morgan fingerprint density at radius 2 is 1.68 bits per heavy atom. The van der Waals surface area contributed by atoms with Crippen molar-refractivity contribution in [2.24, 2.45) is 0 Å². The molecule has 0 aliphatic heterocycles. The van der Waals surface area contributed by atoms with E-state index in [1.165, 1.54) is 19.2 Å². The number of pyridine rings is 1. The molecule has 0 fully saturated rings. The number of carbonyl (C=O) groups is 1. The highest BCUT2D eigenvalue weighted by Crippen LogP contribution is 2.36. The number of esters is 1. The lowest BCUT2D eigenvalue weighted by Gasteiger charge is -2.22. The maximum Gasteiger partial charge on any atom is 0.340 e. The molecular formula is C20H24FNO3. The van der Waals surface area contributed by atoms with Crippen molar-refractivity contribution in [3.63, 3.8) is 0 Å². The van der Waals surface area contributed by atoms with Crippen LogP contribution in [0.1, 0.15) is 66.8 Å². The smallest absolute Gasteiger partial charge is 0.340 e. The van der Waals surface area contributed by atoms with Crippen LogP contribution in [0.4, 0.5) is 4.39 Å². The molecule has 0 spiro atoms. The van der Waals surface area contributed by atoms with Crippen LogP contribution >= 0.6 is 0 Å². The van der Waals surface area contributed by atoms with E-state index < -0.39 is 5.97 Å². The van der Waals surface area contributed by atoms with E-state index in [0.717, 1.165) is 5.69 Å². The SMILES string of the molecule is COC(=O)c1c(C(C)C)nc(C(C)C)c(CO)c1-c1ccc(F)cc1. The van der Waals surface area contributed by atoms with E-state index in [0.29, 0.717) is 27.9 Å². The summed E-state index contributed by atoms with van der Waals surface area (Å²) in [5.41, 5.74) is 3.48. The highest BCUT2D eigenvalue weighted by molar-refractivity contribution is 5.99. The Morgan fingerprint density at radius 3 is 2.12 bits per heavy atom. The summed E-state index contributed by atoms with van der Waals surface area (Å²) in [6, 6.07) is 5.87. The van der Waals surface area contributed by atoms with Crippen molar-refractivity contribution < 1.29 is 19.0 Å². The highest BCUT2D eigenvalue weighted by Gasteiger charge is 2.27. The van der Waals surface area contributed by atoms with E-state index in [1.54, 1.807) is 12.1 Å². The Labute approximate surface area is 147 Å². The van der Waals surface area contributed by atoms with Crippen LogP contribution in [0.15, 0.2) is 24.3 Å². The lowest BCUT2D eigenvalue weighted by molar-refractivity contribution is 0.0599. The van der Waals surface area contributed by atoms with Crippen molar-refractivity contribution in [2.75, 3.05) is 7.11 Å². The molecule has 0 amide bonds. The summed E-state index contributed by atoms with van der Waals surface area (Å²) in [7, 11) is 1.32. The largest absolute Gasteiger partial charge is 0.465 e. The fourth-order valence-corrected chi connectivity index (χ4v) is 2.96. The van der Waals surface area contributed by atoms with Gasteiger partial charge in [0.05, 0.1) is 25.0 Å². The van der Waals surface area contributed by atoms with Gasteiger partial charge in [0.25, 0.3) is 0 Å². The standard InChI is InChI=1S/C20H24FNO3/c1-11(2)18-15(10-23)16(13-6-8-14(21)9-7-13)17(20(24)25-5)19(22-18)12(3)4/h6-9,11-12,23H,10H2,1-5H3. The normalized spacial score (nSPS) is 11.2. The number of nitrogens with zero attached hydrogens (tertiary/aromatic N) is 1. The number of carbonyl (C=O) groups excluding carboxylic acids is 1. The predicted octanol–water partition coefficient (Wildman–Crippen LogP) is 4.41. The number of aliphatic hydroxyl groups excluding tert-OH is 1. The van der Waals surface area contributed by atoms with E-state index in [1.807, 2.05) is 27.7 Å². The molecule has 1 aromatic carbocycles. The molecule has 134 valence electrons. The molecule has 4 nitrogen and oxygen atoms in total. The number of benzene rings is 1. The molecule has 1 N–H and O–H groups in total. The average Bonchev–Trinajstić information content (AvgIpc) is 2.59. The van der Waals surface area contributed by atoms with E-state index in [9.17, 15) is 14.3 Å². The van der Waals surface area contributed by atoms with Gasteiger partial charge in [-0.25, -0.2) is 9.18 Å². The third-order valence-corrected chi connectivity index (χ3v) is 4.13. The van der Waals surface area contributed by atoms with Gasteiger partial charge in [-0.1, -0.05) is 39.8 Å². The molecule has 0 unspecified atom stereocenters. The van der Waals surface area contributed by atoms with Gasteiger partial charge >= 0.3 is 5.97 Å².